The Hall–Kier alpha value is -1.22. The van der Waals surface area contributed by atoms with Crippen LogP contribution in [-0.4, -0.2) is 19.3 Å². The van der Waals surface area contributed by atoms with E-state index in [9.17, 15) is 9.59 Å². The van der Waals surface area contributed by atoms with Gasteiger partial charge in [-0.15, -0.1) is 0 Å². The zero-order chi connectivity index (χ0) is 11.5. The fourth-order valence-corrected chi connectivity index (χ4v) is 1.83. The van der Waals surface area contributed by atoms with E-state index in [4.69, 9.17) is 0 Å². The van der Waals surface area contributed by atoms with Gasteiger partial charge in [0.05, 0.1) is 6.42 Å². The molecule has 0 unspecified atom stereocenters. The van der Waals surface area contributed by atoms with Gasteiger partial charge in [0.25, 0.3) is 0 Å². The van der Waals surface area contributed by atoms with Crippen LogP contribution in [0.15, 0.2) is 30.3 Å². The second-order valence-corrected chi connectivity index (χ2v) is 9.70. The molecule has 1 aromatic rings. The third-order valence-electron chi connectivity index (χ3n) is 2.25. The number of benzene rings is 1. The molecule has 0 saturated heterocycles. The van der Waals surface area contributed by atoms with Crippen LogP contribution in [0.25, 0.3) is 0 Å². The highest BCUT2D eigenvalue weighted by Crippen LogP contribution is 2.09. The quantitative estimate of drug-likeness (QED) is 0.444. The summed E-state index contributed by atoms with van der Waals surface area (Å²) in [6, 6.07) is 8.98. The first-order valence-electron chi connectivity index (χ1n) is 5.03. The predicted molar refractivity (Wildman–Crippen MR) is 63.7 cm³/mol. The summed E-state index contributed by atoms with van der Waals surface area (Å²) >= 11 is 0. The molecule has 0 amide bonds. The molecular formula is C12H16O2Si. The highest BCUT2D eigenvalue weighted by Gasteiger charge is 2.26. The summed E-state index contributed by atoms with van der Waals surface area (Å²) in [4.78, 5) is 23.4. The Kier molecular flexibility index (Phi) is 3.58. The van der Waals surface area contributed by atoms with Crippen LogP contribution in [0.2, 0.25) is 19.6 Å². The van der Waals surface area contributed by atoms with Crippen LogP contribution < -0.4 is 0 Å². The van der Waals surface area contributed by atoms with Gasteiger partial charge in [0.2, 0.25) is 0 Å². The molecule has 0 atom stereocenters. The van der Waals surface area contributed by atoms with Gasteiger partial charge in [0.15, 0.2) is 5.78 Å². The van der Waals surface area contributed by atoms with Gasteiger partial charge in [-0.1, -0.05) is 50.0 Å². The van der Waals surface area contributed by atoms with E-state index in [1.807, 2.05) is 37.8 Å². The fourth-order valence-electron chi connectivity index (χ4n) is 1.14. The van der Waals surface area contributed by atoms with Gasteiger partial charge in [-0.3, -0.25) is 4.79 Å². The molecule has 0 radical (unpaired) electrons. The summed E-state index contributed by atoms with van der Waals surface area (Å²) in [6.07, 6.45) is 0.0553. The average Bonchev–Trinajstić information content (AvgIpc) is 2.17. The van der Waals surface area contributed by atoms with E-state index < -0.39 is 8.07 Å². The van der Waals surface area contributed by atoms with Crippen LogP contribution in [0, 0.1) is 0 Å². The highest BCUT2D eigenvalue weighted by molar-refractivity contribution is 7.04. The lowest BCUT2D eigenvalue weighted by atomic mass is 10.1. The van der Waals surface area contributed by atoms with E-state index in [0.29, 0.717) is 5.56 Å². The van der Waals surface area contributed by atoms with Gasteiger partial charge in [-0.25, -0.2) is 0 Å². The van der Waals surface area contributed by atoms with Crippen molar-refractivity contribution in [1.82, 2.24) is 0 Å². The smallest absolute Gasteiger partial charge is 0.169 e. The minimum Gasteiger partial charge on any atom is -0.305 e. The van der Waals surface area contributed by atoms with E-state index in [0.717, 1.165) is 0 Å². The zero-order valence-corrected chi connectivity index (χ0v) is 10.4. The van der Waals surface area contributed by atoms with Crippen molar-refractivity contribution in [2.75, 3.05) is 0 Å². The molecule has 0 N–H and O–H groups in total. The maximum atomic E-state index is 11.7. The van der Waals surface area contributed by atoms with E-state index in [1.165, 1.54) is 0 Å². The number of Topliss-reactive ketones (excluding diaryl/α,β-unsaturated/α-hetero) is 1. The first kappa shape index (κ1) is 11.8. The summed E-state index contributed by atoms with van der Waals surface area (Å²) in [7, 11) is -1.82. The average molecular weight is 220 g/mol. The van der Waals surface area contributed by atoms with Crippen molar-refractivity contribution in [3.63, 3.8) is 0 Å². The molecule has 2 nitrogen and oxygen atoms in total. The number of carbonyl (C=O) groups excluding carboxylic acids is 2. The molecular weight excluding hydrogens is 204 g/mol. The zero-order valence-electron chi connectivity index (χ0n) is 9.41. The van der Waals surface area contributed by atoms with E-state index >= 15 is 0 Å². The van der Waals surface area contributed by atoms with Crippen molar-refractivity contribution in [2.24, 2.45) is 0 Å². The fraction of sp³-hybridized carbons (Fsp3) is 0.333. The maximum Gasteiger partial charge on any atom is 0.169 e. The lowest BCUT2D eigenvalue weighted by Crippen LogP contribution is -2.34. The van der Waals surface area contributed by atoms with E-state index in [2.05, 4.69) is 0 Å². The van der Waals surface area contributed by atoms with Crippen LogP contribution in [0.1, 0.15) is 16.8 Å². The minimum absolute atomic E-state index is 0.0553. The third-order valence-corrected chi connectivity index (χ3v) is 4.10. The molecule has 0 saturated carbocycles. The molecule has 1 aromatic carbocycles. The normalized spacial score (nSPS) is 11.1. The van der Waals surface area contributed by atoms with Gasteiger partial charge in [0.1, 0.15) is 13.5 Å². The minimum atomic E-state index is -1.82. The number of hydrogen-bond donors (Lipinski definition) is 0. The van der Waals surface area contributed by atoms with Gasteiger partial charge in [-0.2, -0.15) is 0 Å². The molecule has 0 heterocycles. The topological polar surface area (TPSA) is 34.1 Å². The Balaban J connectivity index is 2.70. The molecule has 0 aliphatic heterocycles. The summed E-state index contributed by atoms with van der Waals surface area (Å²) in [6.45, 7) is 5.90. The van der Waals surface area contributed by atoms with Crippen molar-refractivity contribution < 1.29 is 9.59 Å². The van der Waals surface area contributed by atoms with E-state index in [1.54, 1.807) is 12.1 Å². The Morgan fingerprint density at radius 2 is 1.60 bits per heavy atom. The van der Waals surface area contributed by atoms with Gasteiger partial charge < -0.3 is 4.79 Å². The summed E-state index contributed by atoms with van der Waals surface area (Å²) in [5.74, 6) is -0.0666. The molecule has 0 aromatic heterocycles. The number of carbonyl (C=O) groups is 2. The number of rotatable bonds is 4. The van der Waals surface area contributed by atoms with Gasteiger partial charge in [-0.05, 0) is 0 Å². The lowest BCUT2D eigenvalue weighted by molar-refractivity contribution is -0.111. The first-order chi connectivity index (χ1) is 6.91. The Labute approximate surface area is 91.3 Å². The van der Waals surface area contributed by atoms with Crippen molar-refractivity contribution in [1.29, 1.82) is 0 Å². The van der Waals surface area contributed by atoms with Crippen molar-refractivity contribution in [3.05, 3.63) is 35.9 Å². The molecule has 0 aliphatic rings. The monoisotopic (exact) mass is 220 g/mol. The van der Waals surface area contributed by atoms with Crippen molar-refractivity contribution in [2.45, 2.75) is 26.1 Å². The Morgan fingerprint density at radius 3 is 2.07 bits per heavy atom. The number of ketones is 1. The standard InChI is InChI=1S/C12H16O2Si/c1-15(2,3)12(14)9-11(13)10-7-5-4-6-8-10/h4-8H,9H2,1-3H3. The Morgan fingerprint density at radius 1 is 1.07 bits per heavy atom. The summed E-state index contributed by atoms with van der Waals surface area (Å²) in [5.41, 5.74) is 0.629. The molecule has 0 bridgehead atoms. The van der Waals surface area contributed by atoms with Gasteiger partial charge >= 0.3 is 0 Å². The SMILES string of the molecule is C[Si](C)(C)C(=O)CC(=O)c1ccccc1. The second-order valence-electron chi connectivity index (χ2n) is 4.64. The van der Waals surface area contributed by atoms with Crippen LogP contribution in [0.3, 0.4) is 0 Å². The predicted octanol–water partition coefficient (Wildman–Crippen LogP) is 2.71. The molecule has 15 heavy (non-hydrogen) atoms. The van der Waals surface area contributed by atoms with Crippen molar-refractivity contribution in [3.8, 4) is 0 Å². The lowest BCUT2D eigenvalue weighted by Gasteiger charge is -2.13. The van der Waals surface area contributed by atoms with Crippen LogP contribution >= 0.6 is 0 Å². The molecule has 0 aliphatic carbocycles. The van der Waals surface area contributed by atoms with Crippen LogP contribution in [0.4, 0.5) is 0 Å². The molecule has 0 spiro atoms. The maximum absolute atomic E-state index is 11.7. The van der Waals surface area contributed by atoms with Crippen LogP contribution in [0.5, 0.6) is 0 Å². The van der Waals surface area contributed by atoms with Crippen LogP contribution in [-0.2, 0) is 4.79 Å². The van der Waals surface area contributed by atoms with E-state index in [-0.39, 0.29) is 17.6 Å². The largest absolute Gasteiger partial charge is 0.305 e. The molecule has 3 heteroatoms. The third kappa shape index (κ3) is 3.44. The van der Waals surface area contributed by atoms with Crippen molar-refractivity contribution >= 4 is 19.3 Å². The second kappa shape index (κ2) is 4.53. The summed E-state index contributed by atoms with van der Waals surface area (Å²) < 4.78 is 0. The van der Waals surface area contributed by atoms with Gasteiger partial charge in [0, 0.05) is 5.56 Å². The number of hydrogen-bond acceptors (Lipinski definition) is 2. The highest BCUT2D eigenvalue weighted by atomic mass is 28.3. The Bertz CT molecular complexity index is 363. The molecule has 1 rings (SSSR count). The molecule has 0 fully saturated rings. The summed E-state index contributed by atoms with van der Waals surface area (Å²) in [5, 5.41) is 0.122. The first-order valence-corrected chi connectivity index (χ1v) is 8.53. The molecule has 80 valence electrons.